The van der Waals surface area contributed by atoms with Crippen LogP contribution in [-0.2, 0) is 9.47 Å². The van der Waals surface area contributed by atoms with Crippen molar-refractivity contribution in [3.63, 3.8) is 0 Å². The molecule has 0 aliphatic heterocycles. The van der Waals surface area contributed by atoms with E-state index in [0.29, 0.717) is 0 Å². The van der Waals surface area contributed by atoms with Gasteiger partial charge in [0.1, 0.15) is 11.5 Å². The van der Waals surface area contributed by atoms with Gasteiger partial charge in [0.15, 0.2) is 13.6 Å². The van der Waals surface area contributed by atoms with Gasteiger partial charge in [0.25, 0.3) is 0 Å². The standard InChI is InChI=1S/C36H30O4/c1-37-23-39-35-31(25-13-5-3-6-14-25)21-27-17-9-11-19-29(27)33(35)34-30-20-12-10-18-28(30)22-32(36(34)40-24-38-2)26-15-7-4-8-16-26/h3-22H,23-24H2,1-2H3. The Hall–Kier alpha value is -4.64. The lowest BCUT2D eigenvalue weighted by Crippen LogP contribution is -2.06. The van der Waals surface area contributed by atoms with Crippen LogP contribution in [0.4, 0.5) is 0 Å². The summed E-state index contributed by atoms with van der Waals surface area (Å²) in [6.07, 6.45) is 0. The molecular formula is C36H30O4. The zero-order valence-electron chi connectivity index (χ0n) is 22.6. The van der Waals surface area contributed by atoms with Gasteiger partial charge in [0.05, 0.1) is 0 Å². The van der Waals surface area contributed by atoms with Crippen molar-refractivity contribution in [1.82, 2.24) is 0 Å². The SMILES string of the molecule is COCOc1c(-c2ccccc2)cc2ccccc2c1-c1c(OCOC)c(-c2ccccc2)cc2ccccc12. The Morgan fingerprint density at radius 2 is 0.825 bits per heavy atom. The molecule has 0 radical (unpaired) electrons. The van der Waals surface area contributed by atoms with Gasteiger partial charge in [-0.05, 0) is 44.8 Å². The average Bonchev–Trinajstić information content (AvgIpc) is 3.02. The van der Waals surface area contributed by atoms with Crippen LogP contribution in [0.25, 0.3) is 54.9 Å². The first-order valence-electron chi connectivity index (χ1n) is 13.3. The van der Waals surface area contributed by atoms with E-state index in [9.17, 15) is 0 Å². The molecule has 0 saturated carbocycles. The highest BCUT2D eigenvalue weighted by Gasteiger charge is 2.25. The molecule has 40 heavy (non-hydrogen) atoms. The third-order valence-electron chi connectivity index (χ3n) is 7.07. The molecule has 0 aliphatic carbocycles. The van der Waals surface area contributed by atoms with E-state index in [0.717, 1.165) is 66.4 Å². The lowest BCUT2D eigenvalue weighted by Gasteiger charge is -2.24. The Bertz CT molecular complexity index is 1630. The number of ether oxygens (including phenoxy) is 4. The largest absolute Gasteiger partial charge is 0.466 e. The summed E-state index contributed by atoms with van der Waals surface area (Å²) in [7, 11) is 3.28. The number of hydrogen-bond donors (Lipinski definition) is 0. The van der Waals surface area contributed by atoms with Gasteiger partial charge in [0, 0.05) is 36.5 Å². The minimum absolute atomic E-state index is 0.107. The average molecular weight is 527 g/mol. The number of fused-ring (bicyclic) bond motifs is 2. The van der Waals surface area contributed by atoms with Gasteiger partial charge in [-0.25, -0.2) is 0 Å². The Morgan fingerprint density at radius 1 is 0.450 bits per heavy atom. The van der Waals surface area contributed by atoms with Crippen molar-refractivity contribution in [3.8, 4) is 44.9 Å². The van der Waals surface area contributed by atoms with Crippen molar-refractivity contribution in [1.29, 1.82) is 0 Å². The van der Waals surface area contributed by atoms with Crippen molar-refractivity contribution >= 4 is 21.5 Å². The molecule has 6 aromatic rings. The van der Waals surface area contributed by atoms with Crippen LogP contribution in [0.3, 0.4) is 0 Å². The zero-order valence-corrected chi connectivity index (χ0v) is 22.6. The maximum Gasteiger partial charge on any atom is 0.188 e. The highest BCUT2D eigenvalue weighted by atomic mass is 16.7. The summed E-state index contributed by atoms with van der Waals surface area (Å²) in [6.45, 7) is 0.214. The lowest BCUT2D eigenvalue weighted by atomic mass is 9.86. The van der Waals surface area contributed by atoms with Crippen LogP contribution in [0.1, 0.15) is 0 Å². The van der Waals surface area contributed by atoms with E-state index in [1.54, 1.807) is 14.2 Å². The van der Waals surface area contributed by atoms with E-state index >= 15 is 0 Å². The number of benzene rings is 6. The predicted octanol–water partition coefficient (Wildman–Crippen LogP) is 8.96. The van der Waals surface area contributed by atoms with E-state index in [2.05, 4.69) is 84.9 Å². The normalized spacial score (nSPS) is 11.2. The first-order valence-corrected chi connectivity index (χ1v) is 13.3. The molecule has 0 amide bonds. The molecule has 0 fully saturated rings. The van der Waals surface area contributed by atoms with Crippen LogP contribution in [0.15, 0.2) is 121 Å². The first kappa shape index (κ1) is 25.6. The van der Waals surface area contributed by atoms with Gasteiger partial charge >= 0.3 is 0 Å². The molecule has 0 atom stereocenters. The summed E-state index contributed by atoms with van der Waals surface area (Å²) in [5, 5.41) is 4.33. The molecule has 6 aromatic carbocycles. The van der Waals surface area contributed by atoms with Crippen LogP contribution in [-0.4, -0.2) is 27.8 Å². The molecule has 0 unspecified atom stereocenters. The second-order valence-electron chi connectivity index (χ2n) is 9.53. The monoisotopic (exact) mass is 526 g/mol. The lowest BCUT2D eigenvalue weighted by molar-refractivity contribution is 0.0506. The quantitative estimate of drug-likeness (QED) is 0.176. The Labute approximate surface area is 234 Å². The highest BCUT2D eigenvalue weighted by Crippen LogP contribution is 2.52. The third kappa shape index (κ3) is 4.79. The Kier molecular flexibility index (Phi) is 7.45. The van der Waals surface area contributed by atoms with Crippen molar-refractivity contribution in [3.05, 3.63) is 121 Å². The molecular weight excluding hydrogens is 496 g/mol. The van der Waals surface area contributed by atoms with E-state index in [-0.39, 0.29) is 13.6 Å². The molecule has 0 aromatic heterocycles. The first-order chi connectivity index (χ1) is 19.8. The van der Waals surface area contributed by atoms with Crippen molar-refractivity contribution in [2.24, 2.45) is 0 Å². The van der Waals surface area contributed by atoms with Gasteiger partial charge in [-0.1, -0.05) is 109 Å². The molecule has 0 saturated heterocycles. The molecule has 0 N–H and O–H groups in total. The molecule has 0 bridgehead atoms. The molecule has 198 valence electrons. The van der Waals surface area contributed by atoms with Crippen molar-refractivity contribution in [2.45, 2.75) is 0 Å². The van der Waals surface area contributed by atoms with Gasteiger partial charge in [-0.3, -0.25) is 0 Å². The van der Waals surface area contributed by atoms with Crippen LogP contribution >= 0.6 is 0 Å². The molecule has 0 aliphatic rings. The van der Waals surface area contributed by atoms with E-state index in [4.69, 9.17) is 18.9 Å². The fourth-order valence-corrected chi connectivity index (χ4v) is 5.35. The van der Waals surface area contributed by atoms with Gasteiger partial charge < -0.3 is 18.9 Å². The molecule has 4 heteroatoms. The van der Waals surface area contributed by atoms with Crippen molar-refractivity contribution in [2.75, 3.05) is 27.8 Å². The van der Waals surface area contributed by atoms with E-state index in [1.807, 2.05) is 36.4 Å². The van der Waals surface area contributed by atoms with Gasteiger partial charge in [-0.15, -0.1) is 0 Å². The minimum Gasteiger partial charge on any atom is -0.466 e. The van der Waals surface area contributed by atoms with E-state index in [1.165, 1.54) is 0 Å². The van der Waals surface area contributed by atoms with Gasteiger partial charge in [-0.2, -0.15) is 0 Å². The molecule has 0 spiro atoms. The second kappa shape index (κ2) is 11.6. The van der Waals surface area contributed by atoms with Crippen LogP contribution < -0.4 is 9.47 Å². The summed E-state index contributed by atoms with van der Waals surface area (Å²) in [4.78, 5) is 0. The zero-order chi connectivity index (χ0) is 27.3. The second-order valence-corrected chi connectivity index (χ2v) is 9.53. The van der Waals surface area contributed by atoms with E-state index < -0.39 is 0 Å². The van der Waals surface area contributed by atoms with Crippen LogP contribution in [0, 0.1) is 0 Å². The Morgan fingerprint density at radius 3 is 1.23 bits per heavy atom. The van der Waals surface area contributed by atoms with Crippen LogP contribution in [0.2, 0.25) is 0 Å². The number of hydrogen-bond acceptors (Lipinski definition) is 4. The fraction of sp³-hybridized carbons (Fsp3) is 0.111. The number of rotatable bonds is 9. The summed E-state index contributed by atoms with van der Waals surface area (Å²) < 4.78 is 23.8. The summed E-state index contributed by atoms with van der Waals surface area (Å²) in [5.74, 6) is 1.48. The molecule has 4 nitrogen and oxygen atoms in total. The number of methoxy groups -OCH3 is 2. The van der Waals surface area contributed by atoms with Crippen LogP contribution in [0.5, 0.6) is 11.5 Å². The topological polar surface area (TPSA) is 36.9 Å². The Balaban J connectivity index is 1.81. The smallest absolute Gasteiger partial charge is 0.188 e. The highest BCUT2D eigenvalue weighted by molar-refractivity contribution is 6.14. The van der Waals surface area contributed by atoms with Crippen molar-refractivity contribution < 1.29 is 18.9 Å². The fourth-order valence-electron chi connectivity index (χ4n) is 5.35. The third-order valence-corrected chi connectivity index (χ3v) is 7.07. The molecule has 6 rings (SSSR count). The maximum atomic E-state index is 6.48. The maximum absolute atomic E-state index is 6.48. The molecule has 0 heterocycles. The minimum atomic E-state index is 0.107. The van der Waals surface area contributed by atoms with Gasteiger partial charge in [0.2, 0.25) is 0 Å². The summed E-state index contributed by atoms with van der Waals surface area (Å²) >= 11 is 0. The summed E-state index contributed by atoms with van der Waals surface area (Å²) in [6, 6.07) is 41.9. The summed E-state index contributed by atoms with van der Waals surface area (Å²) in [5.41, 5.74) is 5.99. The predicted molar refractivity (Wildman–Crippen MR) is 163 cm³/mol.